The Labute approximate surface area is 140 Å². The van der Waals surface area contributed by atoms with Gasteiger partial charge in [-0.05, 0) is 49.2 Å². The Morgan fingerprint density at radius 3 is 2.68 bits per heavy atom. The summed E-state index contributed by atoms with van der Waals surface area (Å²) in [5.41, 5.74) is 1.90. The lowest BCUT2D eigenvalue weighted by Crippen LogP contribution is -2.31. The fourth-order valence-electron chi connectivity index (χ4n) is 2.07. The van der Waals surface area contributed by atoms with Gasteiger partial charge in [-0.2, -0.15) is 0 Å². The average molecular weight is 338 g/mol. The van der Waals surface area contributed by atoms with Crippen LogP contribution in [0.2, 0.25) is 10.0 Å². The Morgan fingerprint density at radius 1 is 1.23 bits per heavy atom. The molecule has 2 aromatic rings. The third-order valence-corrected chi connectivity index (χ3v) is 3.73. The van der Waals surface area contributed by atoms with Gasteiger partial charge < -0.3 is 10.1 Å². The molecule has 0 aliphatic heterocycles. The molecule has 1 N–H and O–H groups in total. The Balaban J connectivity index is 1.91. The molecule has 0 heterocycles. The zero-order valence-corrected chi connectivity index (χ0v) is 13.9. The van der Waals surface area contributed by atoms with E-state index in [0.29, 0.717) is 15.8 Å². The van der Waals surface area contributed by atoms with Crippen molar-refractivity contribution >= 4 is 29.1 Å². The molecular weight excluding hydrogens is 321 g/mol. The molecule has 0 saturated carbocycles. The van der Waals surface area contributed by atoms with Gasteiger partial charge in [-0.3, -0.25) is 4.79 Å². The summed E-state index contributed by atoms with van der Waals surface area (Å²) in [5.74, 6) is 0.465. The van der Waals surface area contributed by atoms with Crippen molar-refractivity contribution in [2.75, 3.05) is 6.61 Å². The van der Waals surface area contributed by atoms with Gasteiger partial charge in [0.1, 0.15) is 5.75 Å². The van der Waals surface area contributed by atoms with Crippen LogP contribution in [0, 0.1) is 6.92 Å². The third-order valence-electron chi connectivity index (χ3n) is 3.17. The molecule has 0 fully saturated rings. The SMILES string of the molecule is Cc1cccc(OCC(=O)N[C@H](C)c2ccc(Cl)cc2Cl)c1. The zero-order chi connectivity index (χ0) is 16.1. The van der Waals surface area contributed by atoms with E-state index in [1.165, 1.54) is 0 Å². The van der Waals surface area contributed by atoms with Gasteiger partial charge in [0.15, 0.2) is 6.61 Å². The fraction of sp³-hybridized carbons (Fsp3) is 0.235. The van der Waals surface area contributed by atoms with E-state index in [-0.39, 0.29) is 18.6 Å². The number of hydrogen-bond acceptors (Lipinski definition) is 2. The first-order valence-corrected chi connectivity index (χ1v) is 7.65. The van der Waals surface area contributed by atoms with Crippen molar-refractivity contribution < 1.29 is 9.53 Å². The first-order chi connectivity index (χ1) is 10.5. The average Bonchev–Trinajstić information content (AvgIpc) is 2.45. The second-order valence-electron chi connectivity index (χ2n) is 5.06. The van der Waals surface area contributed by atoms with Crippen molar-refractivity contribution in [2.24, 2.45) is 0 Å². The highest BCUT2D eigenvalue weighted by atomic mass is 35.5. The maximum Gasteiger partial charge on any atom is 0.258 e. The first kappa shape index (κ1) is 16.7. The molecule has 0 unspecified atom stereocenters. The van der Waals surface area contributed by atoms with Gasteiger partial charge >= 0.3 is 0 Å². The van der Waals surface area contributed by atoms with Crippen LogP contribution in [-0.2, 0) is 4.79 Å². The number of aryl methyl sites for hydroxylation is 1. The van der Waals surface area contributed by atoms with E-state index in [1.54, 1.807) is 18.2 Å². The number of ether oxygens (including phenoxy) is 1. The van der Waals surface area contributed by atoms with Crippen molar-refractivity contribution in [3.63, 3.8) is 0 Å². The van der Waals surface area contributed by atoms with Gasteiger partial charge in [0.2, 0.25) is 0 Å². The molecule has 0 aromatic heterocycles. The van der Waals surface area contributed by atoms with Crippen LogP contribution in [0.25, 0.3) is 0 Å². The number of carbonyl (C=O) groups excluding carboxylic acids is 1. The highest BCUT2D eigenvalue weighted by Crippen LogP contribution is 2.26. The molecule has 1 atom stereocenters. The lowest BCUT2D eigenvalue weighted by molar-refractivity contribution is -0.123. The fourth-order valence-corrected chi connectivity index (χ4v) is 2.64. The lowest BCUT2D eigenvalue weighted by Gasteiger charge is -2.16. The van der Waals surface area contributed by atoms with Crippen molar-refractivity contribution in [2.45, 2.75) is 19.9 Å². The topological polar surface area (TPSA) is 38.3 Å². The number of amides is 1. The number of carbonyl (C=O) groups is 1. The molecule has 0 aliphatic rings. The summed E-state index contributed by atoms with van der Waals surface area (Å²) in [4.78, 5) is 12.0. The maximum atomic E-state index is 12.0. The van der Waals surface area contributed by atoms with Crippen LogP contribution < -0.4 is 10.1 Å². The molecule has 0 saturated heterocycles. The molecule has 0 radical (unpaired) electrons. The number of benzene rings is 2. The van der Waals surface area contributed by atoms with Gasteiger partial charge in [-0.1, -0.05) is 41.4 Å². The second kappa shape index (κ2) is 7.52. The van der Waals surface area contributed by atoms with Crippen LogP contribution in [0.15, 0.2) is 42.5 Å². The molecule has 3 nitrogen and oxygen atoms in total. The van der Waals surface area contributed by atoms with Crippen molar-refractivity contribution in [1.82, 2.24) is 5.32 Å². The number of nitrogens with one attached hydrogen (secondary N) is 1. The molecule has 2 aromatic carbocycles. The first-order valence-electron chi connectivity index (χ1n) is 6.89. The maximum absolute atomic E-state index is 12.0. The van der Waals surface area contributed by atoms with E-state index < -0.39 is 0 Å². The molecule has 1 amide bonds. The number of rotatable bonds is 5. The van der Waals surface area contributed by atoms with Crippen LogP contribution in [0.1, 0.15) is 24.1 Å². The standard InChI is InChI=1S/C17H17Cl2NO2/c1-11-4-3-5-14(8-11)22-10-17(21)20-12(2)15-7-6-13(18)9-16(15)19/h3-9,12H,10H2,1-2H3,(H,20,21)/t12-/m1/s1. The summed E-state index contributed by atoms with van der Waals surface area (Å²) in [6, 6.07) is 12.5. The van der Waals surface area contributed by atoms with Crippen LogP contribution in [-0.4, -0.2) is 12.5 Å². The van der Waals surface area contributed by atoms with E-state index in [1.807, 2.05) is 38.1 Å². The second-order valence-corrected chi connectivity index (χ2v) is 5.90. The molecule has 2 rings (SSSR count). The highest BCUT2D eigenvalue weighted by Gasteiger charge is 2.13. The zero-order valence-electron chi connectivity index (χ0n) is 12.4. The van der Waals surface area contributed by atoms with Gasteiger partial charge in [-0.25, -0.2) is 0 Å². The minimum Gasteiger partial charge on any atom is -0.484 e. The third kappa shape index (κ3) is 4.65. The monoisotopic (exact) mass is 337 g/mol. The summed E-state index contributed by atoms with van der Waals surface area (Å²) in [6.07, 6.45) is 0. The smallest absolute Gasteiger partial charge is 0.258 e. The summed E-state index contributed by atoms with van der Waals surface area (Å²) in [6.45, 7) is 3.79. The number of halogens is 2. The summed E-state index contributed by atoms with van der Waals surface area (Å²) < 4.78 is 5.47. The molecular formula is C17H17Cl2NO2. The highest BCUT2D eigenvalue weighted by molar-refractivity contribution is 6.35. The van der Waals surface area contributed by atoms with Gasteiger partial charge in [0.05, 0.1) is 6.04 Å². The quantitative estimate of drug-likeness (QED) is 0.868. The summed E-state index contributed by atoms with van der Waals surface area (Å²) in [7, 11) is 0. The van der Waals surface area contributed by atoms with E-state index in [0.717, 1.165) is 11.1 Å². The minimum atomic E-state index is -0.224. The Bertz CT molecular complexity index is 673. The van der Waals surface area contributed by atoms with Crippen LogP contribution >= 0.6 is 23.2 Å². The van der Waals surface area contributed by atoms with E-state index >= 15 is 0 Å². The van der Waals surface area contributed by atoms with Crippen molar-refractivity contribution in [3.8, 4) is 5.75 Å². The number of hydrogen-bond donors (Lipinski definition) is 1. The Hall–Kier alpha value is -1.71. The van der Waals surface area contributed by atoms with Crippen LogP contribution in [0.5, 0.6) is 5.75 Å². The largest absolute Gasteiger partial charge is 0.484 e. The Kier molecular flexibility index (Phi) is 5.69. The Morgan fingerprint density at radius 2 is 2.00 bits per heavy atom. The van der Waals surface area contributed by atoms with E-state index in [4.69, 9.17) is 27.9 Å². The molecule has 5 heteroatoms. The van der Waals surface area contributed by atoms with Crippen molar-refractivity contribution in [1.29, 1.82) is 0 Å². The lowest BCUT2D eigenvalue weighted by atomic mass is 10.1. The molecule has 0 spiro atoms. The van der Waals surface area contributed by atoms with Crippen LogP contribution in [0.3, 0.4) is 0 Å². The molecule has 0 aliphatic carbocycles. The van der Waals surface area contributed by atoms with E-state index in [9.17, 15) is 4.79 Å². The van der Waals surface area contributed by atoms with Crippen LogP contribution in [0.4, 0.5) is 0 Å². The normalized spacial score (nSPS) is 11.8. The van der Waals surface area contributed by atoms with E-state index in [2.05, 4.69) is 5.32 Å². The molecule has 22 heavy (non-hydrogen) atoms. The van der Waals surface area contributed by atoms with Gasteiger partial charge in [0.25, 0.3) is 5.91 Å². The van der Waals surface area contributed by atoms with Gasteiger partial charge in [-0.15, -0.1) is 0 Å². The summed E-state index contributed by atoms with van der Waals surface area (Å²) in [5, 5.41) is 3.94. The van der Waals surface area contributed by atoms with Crippen molar-refractivity contribution in [3.05, 3.63) is 63.6 Å². The predicted octanol–water partition coefficient (Wildman–Crippen LogP) is 4.56. The molecule has 116 valence electrons. The predicted molar refractivity (Wildman–Crippen MR) is 89.7 cm³/mol. The van der Waals surface area contributed by atoms with Gasteiger partial charge in [0, 0.05) is 10.0 Å². The summed E-state index contributed by atoms with van der Waals surface area (Å²) >= 11 is 12.0. The minimum absolute atomic E-state index is 0.0427. The molecule has 0 bridgehead atoms.